The Morgan fingerprint density at radius 1 is 1.28 bits per heavy atom. The molecule has 144 valence electrons. The second kappa shape index (κ2) is 10.4. The van der Waals surface area contributed by atoms with Crippen LogP contribution in [0.15, 0.2) is 12.1 Å². The van der Waals surface area contributed by atoms with Crippen molar-refractivity contribution in [3.8, 4) is 11.5 Å². The van der Waals surface area contributed by atoms with E-state index in [0.29, 0.717) is 5.75 Å². The number of hydrogen-bond donors (Lipinski definition) is 2. The van der Waals surface area contributed by atoms with E-state index < -0.39 is 23.3 Å². The standard InChI is InChI=1S/C13H21NO3S.C2HF3O2/c1-9(14)5-10-6-13(17-3)11(8-18(4)15)7-12(10)16-2;3-2(4,5)1(6)7/h6-7,9H,5,8,14H2,1-4H3;(H,6,7). The van der Waals surface area contributed by atoms with Crippen molar-refractivity contribution in [1.29, 1.82) is 0 Å². The molecule has 1 rings (SSSR count). The van der Waals surface area contributed by atoms with E-state index in [1.165, 1.54) is 0 Å². The number of carbonyl (C=O) groups is 1. The molecule has 0 aliphatic heterocycles. The second-order valence-corrected chi connectivity index (χ2v) is 6.61. The molecule has 10 heteroatoms. The van der Waals surface area contributed by atoms with Crippen LogP contribution in [-0.2, 0) is 28.1 Å². The number of nitrogens with two attached hydrogens (primary N) is 1. The Morgan fingerprint density at radius 2 is 1.68 bits per heavy atom. The van der Waals surface area contributed by atoms with Gasteiger partial charge in [0.05, 0.1) is 20.5 Å². The maximum Gasteiger partial charge on any atom is 0.490 e. The summed E-state index contributed by atoms with van der Waals surface area (Å²) >= 11 is -0.916. The number of halogens is 3. The van der Waals surface area contributed by atoms with Crippen LogP contribution in [-0.4, -0.2) is 48.3 Å². The zero-order valence-electron chi connectivity index (χ0n) is 14.3. The molecule has 1 aromatic rings. The first-order valence-corrected chi connectivity index (χ1v) is 8.74. The van der Waals surface area contributed by atoms with E-state index in [4.69, 9.17) is 25.1 Å². The first-order valence-electron chi connectivity index (χ1n) is 7.01. The molecule has 0 aliphatic carbocycles. The summed E-state index contributed by atoms with van der Waals surface area (Å²) in [5.74, 6) is -0.791. The van der Waals surface area contributed by atoms with Gasteiger partial charge in [-0.05, 0) is 31.0 Å². The minimum atomic E-state index is -5.08. The number of alkyl halides is 3. The number of methoxy groups -OCH3 is 2. The second-order valence-electron chi connectivity index (χ2n) is 5.18. The third-order valence-corrected chi connectivity index (χ3v) is 3.54. The van der Waals surface area contributed by atoms with Gasteiger partial charge >= 0.3 is 12.1 Å². The lowest BCUT2D eigenvalue weighted by atomic mass is 10.0. The van der Waals surface area contributed by atoms with Gasteiger partial charge < -0.3 is 24.9 Å². The highest BCUT2D eigenvalue weighted by Crippen LogP contribution is 2.30. The van der Waals surface area contributed by atoms with E-state index in [2.05, 4.69) is 0 Å². The summed E-state index contributed by atoms with van der Waals surface area (Å²) in [5.41, 5.74) is 7.71. The molecule has 1 aromatic carbocycles. The van der Waals surface area contributed by atoms with E-state index in [0.717, 1.165) is 29.0 Å². The SMILES string of the molecule is COc1cc(C[S+](C)[O-])c(OC)cc1CC(C)N.O=C(O)C(F)(F)F. The van der Waals surface area contributed by atoms with E-state index >= 15 is 0 Å². The molecule has 0 fully saturated rings. The zero-order valence-corrected chi connectivity index (χ0v) is 15.2. The van der Waals surface area contributed by atoms with Gasteiger partial charge in [-0.25, -0.2) is 4.79 Å². The fourth-order valence-corrected chi connectivity index (χ4v) is 2.53. The van der Waals surface area contributed by atoms with Crippen LogP contribution in [0.25, 0.3) is 0 Å². The lowest BCUT2D eigenvalue weighted by Gasteiger charge is -2.16. The predicted molar refractivity (Wildman–Crippen MR) is 88.4 cm³/mol. The van der Waals surface area contributed by atoms with Gasteiger partial charge in [-0.15, -0.1) is 0 Å². The Morgan fingerprint density at radius 3 is 2.00 bits per heavy atom. The van der Waals surface area contributed by atoms with Gasteiger partial charge in [0.25, 0.3) is 0 Å². The molecule has 3 N–H and O–H groups in total. The molecule has 2 unspecified atom stereocenters. The van der Waals surface area contributed by atoms with Gasteiger partial charge in [-0.1, -0.05) is 11.2 Å². The fraction of sp³-hybridized carbons (Fsp3) is 0.533. The number of benzene rings is 1. The van der Waals surface area contributed by atoms with Crippen LogP contribution in [0.1, 0.15) is 18.1 Å². The number of ether oxygens (including phenoxy) is 2. The summed E-state index contributed by atoms with van der Waals surface area (Å²) < 4.78 is 53.8. The van der Waals surface area contributed by atoms with E-state index in [1.54, 1.807) is 20.5 Å². The molecule has 0 bridgehead atoms. The first kappa shape index (κ1) is 23.4. The molecule has 2 atom stereocenters. The van der Waals surface area contributed by atoms with E-state index in [1.807, 2.05) is 19.1 Å². The van der Waals surface area contributed by atoms with E-state index in [-0.39, 0.29) is 6.04 Å². The number of rotatable bonds is 6. The molecule has 0 saturated heterocycles. The number of carboxylic acids is 1. The molecule has 6 nitrogen and oxygen atoms in total. The summed E-state index contributed by atoms with van der Waals surface area (Å²) in [6.45, 7) is 1.95. The Labute approximate surface area is 147 Å². The molecule has 0 spiro atoms. The van der Waals surface area contributed by atoms with Crippen molar-refractivity contribution in [2.24, 2.45) is 5.73 Å². The normalized spacial score (nSPS) is 13.3. The Balaban J connectivity index is 0.000000697. The van der Waals surface area contributed by atoms with Crippen molar-refractivity contribution >= 4 is 17.1 Å². The molecule has 0 heterocycles. The van der Waals surface area contributed by atoms with Gasteiger partial charge in [0, 0.05) is 11.6 Å². The largest absolute Gasteiger partial charge is 0.616 e. The van der Waals surface area contributed by atoms with Crippen molar-refractivity contribution in [2.45, 2.75) is 31.3 Å². The van der Waals surface area contributed by atoms with Crippen LogP contribution in [0.4, 0.5) is 13.2 Å². The van der Waals surface area contributed by atoms with Crippen LogP contribution in [0.2, 0.25) is 0 Å². The fourth-order valence-electron chi connectivity index (χ4n) is 1.86. The lowest BCUT2D eigenvalue weighted by molar-refractivity contribution is -0.192. The van der Waals surface area contributed by atoms with Gasteiger partial charge in [0.2, 0.25) is 0 Å². The smallest absolute Gasteiger partial charge is 0.490 e. The molecular formula is C15H22F3NO5S. The summed E-state index contributed by atoms with van der Waals surface area (Å²) in [6, 6.07) is 3.86. The first-order chi connectivity index (χ1) is 11.4. The maximum atomic E-state index is 11.3. The highest BCUT2D eigenvalue weighted by atomic mass is 32.2. The molecule has 0 radical (unpaired) electrons. The third kappa shape index (κ3) is 8.84. The van der Waals surface area contributed by atoms with Crippen molar-refractivity contribution in [1.82, 2.24) is 0 Å². The van der Waals surface area contributed by atoms with Gasteiger partial charge in [0.15, 0.2) is 0 Å². The average molecular weight is 385 g/mol. The molecule has 0 aromatic heterocycles. The summed E-state index contributed by atoms with van der Waals surface area (Å²) in [4.78, 5) is 8.90. The van der Waals surface area contributed by atoms with Crippen LogP contribution >= 0.6 is 0 Å². The Hall–Kier alpha value is -1.65. The van der Waals surface area contributed by atoms with E-state index in [9.17, 15) is 17.7 Å². The van der Waals surface area contributed by atoms with Gasteiger partial charge in [0.1, 0.15) is 17.3 Å². The van der Waals surface area contributed by atoms with Gasteiger partial charge in [-0.3, -0.25) is 0 Å². The Bertz CT molecular complexity index is 527. The molecule has 0 amide bonds. The van der Waals surface area contributed by atoms with Crippen molar-refractivity contribution in [3.63, 3.8) is 0 Å². The van der Waals surface area contributed by atoms with Crippen LogP contribution < -0.4 is 15.2 Å². The zero-order chi connectivity index (χ0) is 19.8. The summed E-state index contributed by atoms with van der Waals surface area (Å²) in [6.07, 6.45) is -2.70. The average Bonchev–Trinajstić information content (AvgIpc) is 2.46. The number of hydrogen-bond acceptors (Lipinski definition) is 5. The maximum absolute atomic E-state index is 11.3. The summed E-state index contributed by atoms with van der Waals surface area (Å²) in [5, 5.41) is 7.12. The summed E-state index contributed by atoms with van der Waals surface area (Å²) in [7, 11) is 3.23. The minimum Gasteiger partial charge on any atom is -0.616 e. The monoisotopic (exact) mass is 385 g/mol. The number of carboxylic acid groups (broad SMARTS) is 1. The topological polar surface area (TPSA) is 105 Å². The third-order valence-electron chi connectivity index (χ3n) is 2.83. The quantitative estimate of drug-likeness (QED) is 0.727. The van der Waals surface area contributed by atoms with Crippen LogP contribution in [0.3, 0.4) is 0 Å². The van der Waals surface area contributed by atoms with Crippen LogP contribution in [0, 0.1) is 0 Å². The lowest BCUT2D eigenvalue weighted by Crippen LogP contribution is -2.21. The minimum absolute atomic E-state index is 0.0507. The van der Waals surface area contributed by atoms with Crippen molar-refractivity contribution in [2.75, 3.05) is 20.5 Å². The molecule has 0 aliphatic rings. The highest BCUT2D eigenvalue weighted by molar-refractivity contribution is 7.89. The molecule has 0 saturated carbocycles. The highest BCUT2D eigenvalue weighted by Gasteiger charge is 2.38. The molecule has 25 heavy (non-hydrogen) atoms. The van der Waals surface area contributed by atoms with Gasteiger partial charge in [-0.2, -0.15) is 13.2 Å². The molecular weight excluding hydrogens is 363 g/mol. The van der Waals surface area contributed by atoms with Crippen molar-refractivity contribution < 1.29 is 37.1 Å². The number of aliphatic carboxylic acids is 1. The van der Waals surface area contributed by atoms with Crippen molar-refractivity contribution in [3.05, 3.63) is 23.3 Å². The Kier molecular flexibility index (Phi) is 9.68. The predicted octanol–water partition coefficient (Wildman–Crippen LogP) is 2.11. The van der Waals surface area contributed by atoms with Crippen LogP contribution in [0.5, 0.6) is 11.5 Å².